The van der Waals surface area contributed by atoms with Crippen LogP contribution in [0.2, 0.25) is 0 Å². The van der Waals surface area contributed by atoms with Gasteiger partial charge in [-0.15, -0.1) is 0 Å². The second kappa shape index (κ2) is 14.3. The first kappa shape index (κ1) is 32.3. The van der Waals surface area contributed by atoms with Gasteiger partial charge in [0.15, 0.2) is 12.4 Å². The van der Waals surface area contributed by atoms with Crippen molar-refractivity contribution in [3.63, 3.8) is 0 Å². The Bertz CT molecular complexity index is 1570. The lowest BCUT2D eigenvalue weighted by atomic mass is 9.99. The summed E-state index contributed by atoms with van der Waals surface area (Å²) in [4.78, 5) is 56.6. The number of anilines is 2. The summed E-state index contributed by atoms with van der Waals surface area (Å²) in [5.41, 5.74) is 8.63. The molecule has 1 fully saturated rings. The number of carbonyl (C=O) groups excluding carboxylic acids is 4. The highest BCUT2D eigenvalue weighted by atomic mass is 79.9. The number of halogens is 2. The summed E-state index contributed by atoms with van der Waals surface area (Å²) >= 11 is 6.70. The lowest BCUT2D eigenvalue weighted by Gasteiger charge is -2.39. The fraction of sp³-hybridized carbons (Fsp3) is 0.312. The van der Waals surface area contributed by atoms with E-state index in [4.69, 9.17) is 10.5 Å². The van der Waals surface area contributed by atoms with Crippen LogP contribution in [0.4, 0.5) is 16.2 Å². The molecule has 3 aromatic rings. The molecule has 0 spiro atoms. The van der Waals surface area contributed by atoms with Crippen molar-refractivity contribution in [2.24, 2.45) is 0 Å². The molecule has 2 aliphatic heterocycles. The number of nitrogens with two attached hydrogens (primary N) is 1. The minimum atomic E-state index is -1.14. The van der Waals surface area contributed by atoms with Gasteiger partial charge in [0, 0.05) is 52.3 Å². The van der Waals surface area contributed by atoms with Crippen LogP contribution in [0.25, 0.3) is 0 Å². The molecule has 1 saturated heterocycles. The smallest absolute Gasteiger partial charge is 0.322 e. The largest absolute Gasteiger partial charge is 0.508 e. The number of ketones is 1. The summed E-state index contributed by atoms with van der Waals surface area (Å²) < 4.78 is 6.56. The van der Waals surface area contributed by atoms with Gasteiger partial charge in [0.2, 0.25) is 5.91 Å². The number of para-hydroxylation sites is 1. The Balaban J connectivity index is 1.25. The van der Waals surface area contributed by atoms with Gasteiger partial charge in [-0.1, -0.05) is 18.2 Å². The standard InChI is InChI=1S/C32H33Br2N5O6/c33-24-15-20(16-25(34)30(24)35)28(41)17-27(36-29(42)18-45-23-7-5-22(40)6-8-23)31(43)38-12-10-21(11-13-38)39-14-9-19-3-1-2-4-26(19)37-32(39)44/h1-8,15-16,21,27,40H,9-14,17-18,35H2,(H,36,42)(H,37,44)/t27-/m0/s1. The molecule has 236 valence electrons. The summed E-state index contributed by atoms with van der Waals surface area (Å²) in [5, 5.41) is 15.2. The number of rotatable bonds is 9. The Kier molecular flexibility index (Phi) is 10.3. The Morgan fingerprint density at radius 3 is 2.38 bits per heavy atom. The third-order valence-corrected chi connectivity index (χ3v) is 9.30. The molecule has 4 amide bonds. The van der Waals surface area contributed by atoms with E-state index in [9.17, 15) is 24.3 Å². The number of fused-ring (bicyclic) bond motifs is 1. The van der Waals surface area contributed by atoms with Crippen molar-refractivity contribution in [3.8, 4) is 11.5 Å². The third-order valence-electron chi connectivity index (χ3n) is 7.99. The van der Waals surface area contributed by atoms with Crippen molar-refractivity contribution in [2.45, 2.75) is 37.8 Å². The van der Waals surface area contributed by atoms with E-state index in [2.05, 4.69) is 42.5 Å². The van der Waals surface area contributed by atoms with Crippen molar-refractivity contribution in [1.29, 1.82) is 0 Å². The Morgan fingerprint density at radius 2 is 1.69 bits per heavy atom. The Hall–Kier alpha value is -4.10. The number of phenolic OH excluding ortho intramolecular Hbond substituents is 1. The molecule has 2 aliphatic rings. The lowest BCUT2D eigenvalue weighted by molar-refractivity contribution is -0.138. The van der Waals surface area contributed by atoms with Gasteiger partial charge in [-0.25, -0.2) is 4.79 Å². The number of amides is 4. The molecule has 13 heteroatoms. The minimum Gasteiger partial charge on any atom is -0.508 e. The zero-order chi connectivity index (χ0) is 32.1. The number of carbonyl (C=O) groups is 4. The van der Waals surface area contributed by atoms with Gasteiger partial charge in [-0.05, 0) is 99.2 Å². The summed E-state index contributed by atoms with van der Waals surface area (Å²) in [6, 6.07) is 15.4. The zero-order valence-electron chi connectivity index (χ0n) is 24.3. The van der Waals surface area contributed by atoms with Crippen molar-refractivity contribution >= 4 is 66.9 Å². The number of nitrogen functional groups attached to an aromatic ring is 1. The average molecular weight is 743 g/mol. The highest BCUT2D eigenvalue weighted by molar-refractivity contribution is 9.11. The number of nitrogens with zero attached hydrogens (tertiary/aromatic N) is 2. The predicted molar refractivity (Wildman–Crippen MR) is 176 cm³/mol. The van der Waals surface area contributed by atoms with Crippen LogP contribution in [0.15, 0.2) is 69.6 Å². The number of aromatic hydroxyl groups is 1. The fourth-order valence-electron chi connectivity index (χ4n) is 5.53. The van der Waals surface area contributed by atoms with E-state index >= 15 is 0 Å². The highest BCUT2D eigenvalue weighted by Crippen LogP contribution is 2.30. The Morgan fingerprint density at radius 1 is 1.02 bits per heavy atom. The van der Waals surface area contributed by atoms with Crippen molar-refractivity contribution in [3.05, 3.63) is 80.7 Å². The molecule has 5 rings (SSSR count). The van der Waals surface area contributed by atoms with Crippen LogP contribution in [0.5, 0.6) is 11.5 Å². The maximum Gasteiger partial charge on any atom is 0.322 e. The second-order valence-electron chi connectivity index (χ2n) is 11.0. The monoisotopic (exact) mass is 741 g/mol. The molecule has 0 saturated carbocycles. The van der Waals surface area contributed by atoms with Crippen LogP contribution in [0.3, 0.4) is 0 Å². The molecule has 2 heterocycles. The van der Waals surface area contributed by atoms with Gasteiger partial charge in [-0.2, -0.15) is 0 Å². The number of likely N-dealkylation sites (tertiary alicyclic amines) is 1. The van der Waals surface area contributed by atoms with Gasteiger partial charge in [0.25, 0.3) is 5.91 Å². The van der Waals surface area contributed by atoms with Gasteiger partial charge < -0.3 is 36.0 Å². The molecule has 0 aliphatic carbocycles. The van der Waals surface area contributed by atoms with Gasteiger partial charge in [0.1, 0.15) is 17.5 Å². The molecule has 1 atom stereocenters. The van der Waals surface area contributed by atoms with Crippen LogP contribution in [0.1, 0.15) is 35.2 Å². The Labute approximate surface area is 277 Å². The number of hydrogen-bond donors (Lipinski definition) is 4. The number of hydrogen-bond acceptors (Lipinski definition) is 7. The maximum absolute atomic E-state index is 13.8. The van der Waals surface area contributed by atoms with Gasteiger partial charge in [-0.3, -0.25) is 14.4 Å². The lowest BCUT2D eigenvalue weighted by Crippen LogP contribution is -2.55. The van der Waals surface area contributed by atoms with E-state index in [1.54, 1.807) is 17.0 Å². The number of urea groups is 1. The molecule has 5 N–H and O–H groups in total. The van der Waals surface area contributed by atoms with Gasteiger partial charge >= 0.3 is 6.03 Å². The number of ether oxygens (including phenoxy) is 1. The van der Waals surface area contributed by atoms with Crippen LogP contribution >= 0.6 is 31.9 Å². The molecule has 45 heavy (non-hydrogen) atoms. The number of benzene rings is 3. The van der Waals surface area contributed by atoms with Crippen LogP contribution in [0, 0.1) is 0 Å². The van der Waals surface area contributed by atoms with E-state index in [1.807, 2.05) is 29.2 Å². The molecular formula is C32H33Br2N5O6. The summed E-state index contributed by atoms with van der Waals surface area (Å²) in [7, 11) is 0. The summed E-state index contributed by atoms with van der Waals surface area (Å²) in [6.07, 6.45) is 1.57. The number of piperidine rings is 1. The van der Waals surface area contributed by atoms with Crippen LogP contribution in [-0.4, -0.2) is 76.9 Å². The van der Waals surface area contributed by atoms with E-state index in [-0.39, 0.29) is 35.9 Å². The quantitative estimate of drug-likeness (QED) is 0.183. The van der Waals surface area contributed by atoms with Crippen LogP contribution in [-0.2, 0) is 16.0 Å². The summed E-state index contributed by atoms with van der Waals surface area (Å²) in [6.45, 7) is 0.909. The van der Waals surface area contributed by atoms with E-state index in [0.717, 1.165) is 17.7 Å². The van der Waals surface area contributed by atoms with Gasteiger partial charge in [0.05, 0.1) is 5.69 Å². The molecule has 0 aromatic heterocycles. The average Bonchev–Trinajstić information content (AvgIpc) is 3.20. The molecule has 3 aromatic carbocycles. The van der Waals surface area contributed by atoms with Crippen LogP contribution < -0.4 is 21.1 Å². The first-order valence-corrected chi connectivity index (χ1v) is 16.1. The fourth-order valence-corrected chi connectivity index (χ4v) is 6.72. The van der Waals surface area contributed by atoms with E-state index < -0.39 is 18.6 Å². The molecule has 0 unspecified atom stereocenters. The highest BCUT2D eigenvalue weighted by Gasteiger charge is 2.35. The normalized spacial score (nSPS) is 15.8. The molecule has 0 bridgehead atoms. The van der Waals surface area contributed by atoms with Crippen molar-refractivity contribution in [2.75, 3.05) is 37.3 Å². The minimum absolute atomic E-state index is 0.0544. The first-order chi connectivity index (χ1) is 21.6. The SMILES string of the molecule is Nc1c(Br)cc(C(=O)C[C@H](NC(=O)COc2ccc(O)cc2)C(=O)N2CCC(N3CCc4ccccc4NC3=O)CC2)cc1Br. The first-order valence-electron chi connectivity index (χ1n) is 14.5. The topological polar surface area (TPSA) is 154 Å². The zero-order valence-corrected chi connectivity index (χ0v) is 27.5. The molecular weight excluding hydrogens is 710 g/mol. The second-order valence-corrected chi connectivity index (χ2v) is 12.7. The number of Topliss-reactive ketones (excluding diaryl/α,β-unsaturated/α-hetero) is 1. The maximum atomic E-state index is 13.8. The van der Waals surface area contributed by atoms with Crippen molar-refractivity contribution in [1.82, 2.24) is 15.1 Å². The van der Waals surface area contributed by atoms with E-state index in [0.29, 0.717) is 58.4 Å². The number of nitrogens with one attached hydrogen (secondary N) is 2. The van der Waals surface area contributed by atoms with E-state index in [1.165, 1.54) is 24.3 Å². The molecule has 0 radical (unpaired) electrons. The third kappa shape index (κ3) is 7.95. The predicted octanol–water partition coefficient (Wildman–Crippen LogP) is 4.72. The number of phenols is 1. The summed E-state index contributed by atoms with van der Waals surface area (Å²) in [5.74, 6) is -0.903. The van der Waals surface area contributed by atoms with Crippen molar-refractivity contribution < 1.29 is 29.0 Å². The molecule has 11 nitrogen and oxygen atoms in total.